The van der Waals surface area contributed by atoms with Gasteiger partial charge < -0.3 is 58.3 Å². The average Bonchev–Trinajstić information content (AvgIpc) is 1.59. The molecule has 0 saturated carbocycles. The van der Waals surface area contributed by atoms with Gasteiger partial charge in [-0.2, -0.15) is 36.6 Å². The molecular formula is C75H101ClF6N6O21. The first kappa shape index (κ1) is 93.0. The molecule has 0 fully saturated rings. The van der Waals surface area contributed by atoms with Gasteiger partial charge in [0.05, 0.1) is 35.2 Å². The lowest BCUT2D eigenvalue weighted by Crippen LogP contribution is -2.39. The zero-order valence-electron chi connectivity index (χ0n) is 61.9. The summed E-state index contributed by atoms with van der Waals surface area (Å²) < 4.78 is 121. The normalized spacial score (nSPS) is 14.4. The lowest BCUT2D eigenvalue weighted by atomic mass is 9.88. The van der Waals surface area contributed by atoms with Gasteiger partial charge in [-0.25, -0.2) is 9.59 Å². The SMILES string of the molecule is CCC(COC(=O)CCCCCO)(COC(=O)CCCCCO)COC(=O)CCCCCO.CCC(COC(=O)CCCCCO)(COC(=O)CCCCCOC(=O)c1ccc(C2(C)N=N2)cc1)COC(=O)CCCCCOC(=O)c1ccc(C2(C(F)(F)F)N=N2)cc1.O=C(Cl)c1ccc(C2(C(F)(F)F)N=N2)cc1. The fraction of sp³-hybridized carbons (Fsp3) is 0.640. The number of aliphatic hydroxyl groups excluding tert-OH is 4. The number of benzene rings is 3. The van der Waals surface area contributed by atoms with Crippen molar-refractivity contribution in [2.45, 2.75) is 217 Å². The van der Waals surface area contributed by atoms with Gasteiger partial charge in [0.2, 0.25) is 5.66 Å². The first-order chi connectivity index (χ1) is 51.9. The number of halogens is 7. The molecule has 0 amide bonds. The summed E-state index contributed by atoms with van der Waals surface area (Å²) >= 11 is 5.17. The van der Waals surface area contributed by atoms with E-state index < -0.39 is 75.3 Å². The quantitative estimate of drug-likeness (QED) is 0.0134. The van der Waals surface area contributed by atoms with E-state index in [2.05, 4.69) is 30.7 Å². The van der Waals surface area contributed by atoms with Crippen LogP contribution in [0.1, 0.15) is 235 Å². The van der Waals surface area contributed by atoms with Crippen LogP contribution in [0.2, 0.25) is 0 Å². The lowest BCUT2D eigenvalue weighted by Gasteiger charge is -2.31. The number of nitrogens with zero attached hydrogens (tertiary/aromatic N) is 6. The number of aliphatic hydroxyl groups is 4. The Morgan fingerprint density at radius 3 is 0.789 bits per heavy atom. The van der Waals surface area contributed by atoms with Crippen LogP contribution in [-0.2, 0) is 83.7 Å². The first-order valence-corrected chi connectivity index (χ1v) is 37.0. The molecule has 34 heteroatoms. The first-order valence-electron chi connectivity index (χ1n) is 36.6. The van der Waals surface area contributed by atoms with Crippen molar-refractivity contribution in [2.75, 3.05) is 79.3 Å². The van der Waals surface area contributed by atoms with Crippen LogP contribution in [0.25, 0.3) is 0 Å². The Labute approximate surface area is 634 Å². The summed E-state index contributed by atoms with van der Waals surface area (Å²) in [5.41, 5.74) is -6.18. The van der Waals surface area contributed by atoms with Crippen molar-refractivity contribution < 1.29 is 128 Å². The molecule has 0 bridgehead atoms. The zero-order valence-corrected chi connectivity index (χ0v) is 62.6. The smallest absolute Gasteiger partial charge is 0.442 e. The van der Waals surface area contributed by atoms with Crippen molar-refractivity contribution in [3.05, 3.63) is 106 Å². The fourth-order valence-corrected chi connectivity index (χ4v) is 10.3. The average molecular weight is 1570 g/mol. The van der Waals surface area contributed by atoms with Gasteiger partial charge in [-0.1, -0.05) is 75.9 Å². The van der Waals surface area contributed by atoms with Gasteiger partial charge in [0, 0.05) is 87.2 Å². The van der Waals surface area contributed by atoms with Crippen LogP contribution in [0.15, 0.2) is 103 Å². The second-order valence-electron chi connectivity index (χ2n) is 26.7. The van der Waals surface area contributed by atoms with Crippen LogP contribution in [0.3, 0.4) is 0 Å². The van der Waals surface area contributed by atoms with Crippen molar-refractivity contribution in [1.82, 2.24) is 0 Å². The fourth-order valence-electron chi connectivity index (χ4n) is 10.2. The molecule has 3 aliphatic heterocycles. The Morgan fingerprint density at radius 2 is 0.578 bits per heavy atom. The maximum absolute atomic E-state index is 13.2. The third-order valence-corrected chi connectivity index (χ3v) is 18.1. The van der Waals surface area contributed by atoms with Crippen molar-refractivity contribution >= 4 is 64.6 Å². The van der Waals surface area contributed by atoms with E-state index in [0.717, 1.165) is 49.1 Å². The number of rotatable bonds is 52. The van der Waals surface area contributed by atoms with E-state index in [9.17, 15) is 69.5 Å². The number of unbranched alkanes of at least 4 members (excludes halogenated alkanes) is 12. The highest BCUT2D eigenvalue weighted by atomic mass is 35.5. The minimum Gasteiger partial charge on any atom is -0.465 e. The molecule has 109 heavy (non-hydrogen) atoms. The van der Waals surface area contributed by atoms with Gasteiger partial charge in [-0.05, 0) is 158 Å². The molecule has 0 aromatic heterocycles. The van der Waals surface area contributed by atoms with Gasteiger partial charge >= 0.3 is 71.4 Å². The molecule has 0 radical (unpaired) electrons. The predicted molar refractivity (Wildman–Crippen MR) is 378 cm³/mol. The third-order valence-electron chi connectivity index (χ3n) is 17.9. The van der Waals surface area contributed by atoms with Gasteiger partial charge in [0.15, 0.2) is 0 Å². The molecule has 1 unspecified atom stereocenters. The number of ether oxygens (including phenoxy) is 8. The second-order valence-corrected chi connectivity index (χ2v) is 27.0. The van der Waals surface area contributed by atoms with Crippen molar-refractivity contribution in [3.63, 3.8) is 0 Å². The Morgan fingerprint density at radius 1 is 0.339 bits per heavy atom. The summed E-state index contributed by atoms with van der Waals surface area (Å²) in [5, 5.41) is 55.0. The Hall–Kier alpha value is -8.40. The molecule has 3 heterocycles. The standard InChI is InChI=1S/C42H53F3N4O11.C24H44O9.C9H4ClF3N2O/c1-3-40(27-58-34(51)13-7-4-10-24-50,28-59-35(52)14-8-5-11-25-56-37(54)30-16-20-32(21-17-30)39(2)46-47-39)29-60-36(53)15-9-6-12-26-57-38(55)31-18-22-33(23-19-31)41(48-49-41)42(43,44)45;1-2-24(18-31-21(28)12-6-3-9-15-25,19-32-22(29)13-7-4-10-16-26)20-33-23(30)14-8-5-11-17-27;10-7(16)5-1-3-6(4-2-5)8(14-15-8)9(11,12)13/h16-23,50H,3-15,24-29H2,1-2H3;25-27H,2-20H2,1H3;1-4H. The summed E-state index contributed by atoms with van der Waals surface area (Å²) in [6.45, 7) is 5.47. The monoisotopic (exact) mass is 1570 g/mol. The molecule has 4 N–H and O–H groups in total. The number of esters is 8. The minimum absolute atomic E-state index is 0.0269. The van der Waals surface area contributed by atoms with E-state index in [-0.39, 0.29) is 158 Å². The highest BCUT2D eigenvalue weighted by Gasteiger charge is 2.66. The topological polar surface area (TPSA) is 383 Å². The summed E-state index contributed by atoms with van der Waals surface area (Å²) in [5.74, 6) is -3.75. The minimum atomic E-state index is -4.67. The Kier molecular flexibility index (Phi) is 40.6. The number of carbonyl (C=O) groups excluding carboxylic acids is 9. The molecule has 27 nitrogen and oxygen atoms in total. The molecule has 606 valence electrons. The van der Waals surface area contributed by atoms with E-state index in [1.54, 1.807) is 31.2 Å². The predicted octanol–water partition coefficient (Wildman–Crippen LogP) is 14.1. The summed E-state index contributed by atoms with van der Waals surface area (Å²) in [6, 6.07) is 16.3. The van der Waals surface area contributed by atoms with Gasteiger partial charge in [0.1, 0.15) is 39.6 Å². The molecule has 3 aromatic rings. The molecule has 6 rings (SSSR count). The molecule has 0 saturated heterocycles. The van der Waals surface area contributed by atoms with E-state index in [1.807, 2.05) is 13.8 Å². The maximum Gasteiger partial charge on any atom is 0.442 e. The lowest BCUT2D eigenvalue weighted by molar-refractivity contribution is -0.166. The summed E-state index contributed by atoms with van der Waals surface area (Å²) in [6.07, 6.45) is 3.24. The highest BCUT2D eigenvalue weighted by Crippen LogP contribution is 2.53. The number of alkyl halides is 6. The number of carbonyl (C=O) groups is 9. The maximum atomic E-state index is 13.2. The largest absolute Gasteiger partial charge is 0.465 e. The van der Waals surface area contributed by atoms with Crippen molar-refractivity contribution in [2.24, 2.45) is 41.5 Å². The molecular weight excluding hydrogens is 1470 g/mol. The third kappa shape index (κ3) is 33.4. The van der Waals surface area contributed by atoms with E-state index in [0.29, 0.717) is 115 Å². The number of hydrogen-bond donors (Lipinski definition) is 4. The van der Waals surface area contributed by atoms with Crippen LogP contribution in [-0.4, -0.2) is 165 Å². The second kappa shape index (κ2) is 47.6. The molecule has 0 spiro atoms. The highest BCUT2D eigenvalue weighted by molar-refractivity contribution is 6.67. The zero-order chi connectivity index (χ0) is 80.4. The molecule has 3 aliphatic rings. The van der Waals surface area contributed by atoms with E-state index in [1.165, 1.54) is 24.3 Å². The van der Waals surface area contributed by atoms with Crippen molar-refractivity contribution in [1.29, 1.82) is 0 Å². The number of hydrogen-bond acceptors (Lipinski definition) is 27. The van der Waals surface area contributed by atoms with E-state index in [4.69, 9.17) is 69.9 Å². The Bertz CT molecular complexity index is 3350. The van der Waals surface area contributed by atoms with Gasteiger partial charge in [0.25, 0.3) is 5.24 Å². The van der Waals surface area contributed by atoms with Crippen LogP contribution < -0.4 is 0 Å². The summed E-state index contributed by atoms with van der Waals surface area (Å²) in [4.78, 5) is 110. The van der Waals surface area contributed by atoms with Gasteiger partial charge in [-0.15, -0.1) is 20.5 Å². The van der Waals surface area contributed by atoms with Crippen LogP contribution >= 0.6 is 11.6 Å². The van der Waals surface area contributed by atoms with Crippen molar-refractivity contribution in [3.8, 4) is 0 Å². The van der Waals surface area contributed by atoms with Gasteiger partial charge in [-0.3, -0.25) is 33.6 Å². The molecule has 3 aromatic carbocycles. The van der Waals surface area contributed by atoms with E-state index >= 15 is 0 Å². The Balaban J connectivity index is 0.000000423. The molecule has 0 aliphatic carbocycles. The van der Waals surface area contributed by atoms with Crippen LogP contribution in [0, 0.1) is 10.8 Å². The van der Waals surface area contributed by atoms with Crippen LogP contribution in [0.5, 0.6) is 0 Å². The summed E-state index contributed by atoms with van der Waals surface area (Å²) in [7, 11) is 0. The van der Waals surface area contributed by atoms with Crippen LogP contribution in [0.4, 0.5) is 26.3 Å². The molecule has 1 atom stereocenters.